The van der Waals surface area contributed by atoms with Crippen LogP contribution < -0.4 is 0 Å². The third kappa shape index (κ3) is 2.47. The summed E-state index contributed by atoms with van der Waals surface area (Å²) in [6.07, 6.45) is 1.74. The monoisotopic (exact) mass is 238 g/mol. The summed E-state index contributed by atoms with van der Waals surface area (Å²) in [5, 5.41) is 8.83. The molecule has 1 aromatic rings. The van der Waals surface area contributed by atoms with Gasteiger partial charge < -0.3 is 9.84 Å². The van der Waals surface area contributed by atoms with Crippen molar-refractivity contribution in [3.05, 3.63) is 34.6 Å². The Hall–Kier alpha value is -1.42. The van der Waals surface area contributed by atoms with Gasteiger partial charge in [-0.1, -0.05) is 0 Å². The van der Waals surface area contributed by atoms with E-state index in [9.17, 15) is 9.18 Å². The molecular formula is C13H15FO3. The maximum absolute atomic E-state index is 13.6. The summed E-state index contributed by atoms with van der Waals surface area (Å²) < 4.78 is 18.9. The van der Waals surface area contributed by atoms with E-state index in [1.54, 1.807) is 0 Å². The van der Waals surface area contributed by atoms with E-state index in [1.165, 1.54) is 12.1 Å². The Morgan fingerprint density at radius 2 is 2.06 bits per heavy atom. The molecule has 17 heavy (non-hydrogen) atoms. The molecule has 0 unspecified atom stereocenters. The van der Waals surface area contributed by atoms with Crippen LogP contribution in [0.4, 0.5) is 4.39 Å². The summed E-state index contributed by atoms with van der Waals surface area (Å²) in [4.78, 5) is 10.8. The van der Waals surface area contributed by atoms with Gasteiger partial charge in [-0.15, -0.1) is 0 Å². The number of carbonyl (C=O) groups is 1. The normalized spacial score (nSPS) is 17.1. The zero-order valence-corrected chi connectivity index (χ0v) is 9.70. The minimum Gasteiger partial charge on any atom is -0.478 e. The molecule has 1 saturated heterocycles. The Kier molecular flexibility index (Phi) is 3.43. The standard InChI is InChI=1S/C13H15FO3/c1-8-6-11(13(15)16)12(14)7-10(8)9-2-4-17-5-3-9/h6-7,9H,2-5H2,1H3,(H,15,16). The molecule has 0 saturated carbocycles. The summed E-state index contributed by atoms with van der Waals surface area (Å²) in [6.45, 7) is 3.20. The van der Waals surface area contributed by atoms with Gasteiger partial charge in [-0.25, -0.2) is 9.18 Å². The summed E-state index contributed by atoms with van der Waals surface area (Å²) in [7, 11) is 0. The fourth-order valence-electron chi connectivity index (χ4n) is 2.31. The average molecular weight is 238 g/mol. The van der Waals surface area contributed by atoms with E-state index < -0.39 is 11.8 Å². The Bertz CT molecular complexity index is 437. The van der Waals surface area contributed by atoms with E-state index in [2.05, 4.69) is 0 Å². The second-order valence-corrected chi connectivity index (χ2v) is 4.38. The van der Waals surface area contributed by atoms with E-state index >= 15 is 0 Å². The van der Waals surface area contributed by atoms with Gasteiger partial charge in [0.25, 0.3) is 0 Å². The first-order valence-electron chi connectivity index (χ1n) is 5.70. The van der Waals surface area contributed by atoms with Gasteiger partial charge >= 0.3 is 5.97 Å². The number of aryl methyl sites for hydroxylation is 1. The number of ether oxygens (including phenoxy) is 1. The van der Waals surface area contributed by atoms with Crippen molar-refractivity contribution in [2.45, 2.75) is 25.7 Å². The van der Waals surface area contributed by atoms with Crippen LogP contribution in [0.2, 0.25) is 0 Å². The number of carboxylic acids is 1. The molecule has 1 aliphatic heterocycles. The lowest BCUT2D eigenvalue weighted by Crippen LogP contribution is -2.16. The SMILES string of the molecule is Cc1cc(C(=O)O)c(F)cc1C1CCOCC1. The van der Waals surface area contributed by atoms with Crippen molar-refractivity contribution < 1.29 is 19.0 Å². The quantitative estimate of drug-likeness (QED) is 0.861. The molecule has 0 bridgehead atoms. The van der Waals surface area contributed by atoms with Crippen LogP contribution in [0.25, 0.3) is 0 Å². The lowest BCUT2D eigenvalue weighted by molar-refractivity contribution is 0.0691. The van der Waals surface area contributed by atoms with E-state index in [4.69, 9.17) is 9.84 Å². The summed E-state index contributed by atoms with van der Waals surface area (Å²) in [5.74, 6) is -1.59. The molecule has 1 N–H and O–H groups in total. The largest absolute Gasteiger partial charge is 0.478 e. The molecule has 0 aliphatic carbocycles. The van der Waals surface area contributed by atoms with Gasteiger partial charge in [0.05, 0.1) is 5.56 Å². The van der Waals surface area contributed by atoms with Crippen molar-refractivity contribution in [2.75, 3.05) is 13.2 Å². The molecule has 1 heterocycles. The maximum atomic E-state index is 13.6. The summed E-state index contributed by atoms with van der Waals surface area (Å²) in [5.41, 5.74) is 1.50. The summed E-state index contributed by atoms with van der Waals surface area (Å²) >= 11 is 0. The third-order valence-corrected chi connectivity index (χ3v) is 3.25. The zero-order valence-electron chi connectivity index (χ0n) is 9.70. The number of aromatic carboxylic acids is 1. The van der Waals surface area contributed by atoms with E-state index in [1.807, 2.05) is 6.92 Å². The highest BCUT2D eigenvalue weighted by molar-refractivity contribution is 5.88. The molecule has 1 fully saturated rings. The van der Waals surface area contributed by atoms with Crippen LogP contribution in [-0.2, 0) is 4.74 Å². The summed E-state index contributed by atoms with van der Waals surface area (Å²) in [6, 6.07) is 2.79. The number of hydrogen-bond donors (Lipinski definition) is 1. The Balaban J connectivity index is 2.35. The van der Waals surface area contributed by atoms with E-state index in [0.29, 0.717) is 13.2 Å². The maximum Gasteiger partial charge on any atom is 0.338 e. The second kappa shape index (κ2) is 4.84. The Morgan fingerprint density at radius 1 is 1.41 bits per heavy atom. The van der Waals surface area contributed by atoms with Crippen LogP contribution in [-0.4, -0.2) is 24.3 Å². The van der Waals surface area contributed by atoms with Crippen LogP contribution in [0.1, 0.15) is 40.2 Å². The lowest BCUT2D eigenvalue weighted by atomic mass is 9.88. The fourth-order valence-corrected chi connectivity index (χ4v) is 2.31. The van der Waals surface area contributed by atoms with Crippen LogP contribution in [0.15, 0.2) is 12.1 Å². The smallest absolute Gasteiger partial charge is 0.338 e. The first-order chi connectivity index (χ1) is 8.09. The van der Waals surface area contributed by atoms with Crippen molar-refractivity contribution in [3.8, 4) is 0 Å². The zero-order chi connectivity index (χ0) is 12.4. The molecular weight excluding hydrogens is 223 g/mol. The fraction of sp³-hybridized carbons (Fsp3) is 0.462. The van der Waals surface area contributed by atoms with Crippen molar-refractivity contribution in [1.82, 2.24) is 0 Å². The number of carboxylic acid groups (broad SMARTS) is 1. The molecule has 0 spiro atoms. The van der Waals surface area contributed by atoms with Gasteiger partial charge in [-0.05, 0) is 48.9 Å². The number of hydrogen-bond acceptors (Lipinski definition) is 2. The minimum absolute atomic E-state index is 0.252. The Morgan fingerprint density at radius 3 is 2.65 bits per heavy atom. The van der Waals surface area contributed by atoms with Crippen LogP contribution >= 0.6 is 0 Å². The number of benzene rings is 1. The van der Waals surface area contributed by atoms with Gasteiger partial charge in [0.2, 0.25) is 0 Å². The molecule has 92 valence electrons. The topological polar surface area (TPSA) is 46.5 Å². The molecule has 1 aliphatic rings. The molecule has 0 amide bonds. The predicted molar refractivity (Wildman–Crippen MR) is 60.9 cm³/mol. The van der Waals surface area contributed by atoms with Gasteiger partial charge in [-0.2, -0.15) is 0 Å². The number of halogens is 1. The molecule has 0 atom stereocenters. The molecule has 0 radical (unpaired) electrons. The molecule has 4 heteroatoms. The van der Waals surface area contributed by atoms with Crippen molar-refractivity contribution in [2.24, 2.45) is 0 Å². The number of rotatable bonds is 2. The van der Waals surface area contributed by atoms with Gasteiger partial charge in [-0.3, -0.25) is 0 Å². The van der Waals surface area contributed by atoms with Crippen molar-refractivity contribution in [3.63, 3.8) is 0 Å². The van der Waals surface area contributed by atoms with E-state index in [0.717, 1.165) is 24.0 Å². The highest BCUT2D eigenvalue weighted by atomic mass is 19.1. The highest BCUT2D eigenvalue weighted by Crippen LogP contribution is 2.30. The minimum atomic E-state index is -1.22. The molecule has 0 aromatic heterocycles. The van der Waals surface area contributed by atoms with Crippen molar-refractivity contribution in [1.29, 1.82) is 0 Å². The first-order valence-corrected chi connectivity index (χ1v) is 5.70. The van der Waals surface area contributed by atoms with Gasteiger partial charge in [0.1, 0.15) is 5.82 Å². The molecule has 3 nitrogen and oxygen atoms in total. The lowest BCUT2D eigenvalue weighted by Gasteiger charge is -2.24. The van der Waals surface area contributed by atoms with Crippen LogP contribution in [0.3, 0.4) is 0 Å². The first kappa shape index (κ1) is 12.0. The average Bonchev–Trinajstić information content (AvgIpc) is 2.32. The van der Waals surface area contributed by atoms with Crippen molar-refractivity contribution >= 4 is 5.97 Å². The van der Waals surface area contributed by atoms with E-state index in [-0.39, 0.29) is 11.5 Å². The van der Waals surface area contributed by atoms with Crippen LogP contribution in [0, 0.1) is 12.7 Å². The highest BCUT2D eigenvalue weighted by Gasteiger charge is 2.21. The van der Waals surface area contributed by atoms with Crippen LogP contribution in [0.5, 0.6) is 0 Å². The third-order valence-electron chi connectivity index (χ3n) is 3.25. The Labute approximate surface area is 99.2 Å². The molecule has 2 rings (SSSR count). The van der Waals surface area contributed by atoms with Gasteiger partial charge in [0.15, 0.2) is 0 Å². The predicted octanol–water partition coefficient (Wildman–Crippen LogP) is 2.73. The second-order valence-electron chi connectivity index (χ2n) is 4.38. The van der Waals surface area contributed by atoms with Gasteiger partial charge in [0, 0.05) is 13.2 Å². The molecule has 1 aromatic carbocycles.